The van der Waals surface area contributed by atoms with Crippen LogP contribution in [0.2, 0.25) is 0 Å². The minimum atomic E-state index is -0.780. The molecule has 0 spiro atoms. The molecule has 0 saturated heterocycles. The summed E-state index contributed by atoms with van der Waals surface area (Å²) in [5.41, 5.74) is 0.306. The standard InChI is InChI=1S/C17H23NO6/c1-5-18-15(19)11(4)24-14-9-12(16(20)22-6-2)8-13(10-14)17(21)23-7-3/h8-11H,5-7H2,1-4H3,(H,18,19)/t11-/m0/s1. The molecule has 132 valence electrons. The average molecular weight is 337 g/mol. The Morgan fingerprint density at radius 3 is 1.88 bits per heavy atom. The van der Waals surface area contributed by atoms with Gasteiger partial charge in [0.1, 0.15) is 5.75 Å². The van der Waals surface area contributed by atoms with Gasteiger partial charge in [0.25, 0.3) is 5.91 Å². The van der Waals surface area contributed by atoms with Crippen molar-refractivity contribution in [3.8, 4) is 5.75 Å². The fourth-order valence-electron chi connectivity index (χ4n) is 1.91. The number of amides is 1. The van der Waals surface area contributed by atoms with Crippen LogP contribution in [0.1, 0.15) is 48.4 Å². The molecule has 0 unspecified atom stereocenters. The zero-order valence-electron chi connectivity index (χ0n) is 14.4. The summed E-state index contributed by atoms with van der Waals surface area (Å²) in [7, 11) is 0. The first-order valence-electron chi connectivity index (χ1n) is 7.86. The SMILES string of the molecule is CCNC(=O)[C@H](C)Oc1cc(C(=O)OCC)cc(C(=O)OCC)c1. The lowest BCUT2D eigenvalue weighted by atomic mass is 10.1. The molecular formula is C17H23NO6. The summed E-state index contributed by atoms with van der Waals surface area (Å²) >= 11 is 0. The number of ether oxygens (including phenoxy) is 3. The first-order chi connectivity index (χ1) is 11.4. The number of hydrogen-bond donors (Lipinski definition) is 1. The Bertz CT molecular complexity index is 562. The van der Waals surface area contributed by atoms with Gasteiger partial charge in [-0.2, -0.15) is 0 Å². The first kappa shape index (κ1) is 19.5. The monoisotopic (exact) mass is 337 g/mol. The van der Waals surface area contributed by atoms with Gasteiger partial charge in [0, 0.05) is 6.54 Å². The second-order valence-corrected chi connectivity index (χ2v) is 4.84. The van der Waals surface area contributed by atoms with Crippen molar-refractivity contribution >= 4 is 17.8 Å². The Hall–Kier alpha value is -2.57. The normalized spacial score (nSPS) is 11.3. The molecule has 0 aromatic heterocycles. The predicted molar refractivity (Wildman–Crippen MR) is 87.1 cm³/mol. The highest BCUT2D eigenvalue weighted by Gasteiger charge is 2.18. The van der Waals surface area contributed by atoms with Crippen molar-refractivity contribution in [2.24, 2.45) is 0 Å². The van der Waals surface area contributed by atoms with E-state index in [2.05, 4.69) is 5.32 Å². The Morgan fingerprint density at radius 2 is 1.46 bits per heavy atom. The van der Waals surface area contributed by atoms with Crippen LogP contribution in [0, 0.1) is 0 Å². The second kappa shape index (κ2) is 9.54. The molecule has 1 aromatic rings. The fraction of sp³-hybridized carbons (Fsp3) is 0.471. The molecule has 7 heteroatoms. The summed E-state index contributed by atoms with van der Waals surface area (Å²) < 4.78 is 15.4. The van der Waals surface area contributed by atoms with E-state index < -0.39 is 18.0 Å². The Kier molecular flexibility index (Phi) is 7.74. The van der Waals surface area contributed by atoms with Gasteiger partial charge >= 0.3 is 11.9 Å². The summed E-state index contributed by atoms with van der Waals surface area (Å²) in [5, 5.41) is 2.63. The van der Waals surface area contributed by atoms with Crippen molar-refractivity contribution in [3.05, 3.63) is 29.3 Å². The van der Waals surface area contributed by atoms with Gasteiger partial charge in [0.15, 0.2) is 6.10 Å². The lowest BCUT2D eigenvalue weighted by molar-refractivity contribution is -0.127. The average Bonchev–Trinajstić information content (AvgIpc) is 2.55. The number of nitrogens with one attached hydrogen (secondary N) is 1. The van der Waals surface area contributed by atoms with Gasteiger partial charge in [-0.1, -0.05) is 0 Å². The van der Waals surface area contributed by atoms with Crippen molar-refractivity contribution in [2.45, 2.75) is 33.8 Å². The van der Waals surface area contributed by atoms with Crippen LogP contribution in [-0.2, 0) is 14.3 Å². The van der Waals surface area contributed by atoms with E-state index in [1.54, 1.807) is 27.7 Å². The summed E-state index contributed by atoms with van der Waals surface area (Å²) in [6, 6.07) is 4.23. The molecule has 0 aliphatic carbocycles. The van der Waals surface area contributed by atoms with Crippen LogP contribution in [-0.4, -0.2) is 43.7 Å². The molecular weight excluding hydrogens is 314 g/mol. The van der Waals surface area contributed by atoms with E-state index in [1.807, 2.05) is 0 Å². The highest BCUT2D eigenvalue weighted by molar-refractivity contribution is 5.96. The van der Waals surface area contributed by atoms with Crippen LogP contribution in [0.25, 0.3) is 0 Å². The number of carbonyl (C=O) groups excluding carboxylic acids is 3. The maximum atomic E-state index is 11.9. The predicted octanol–water partition coefficient (Wildman–Crippen LogP) is 1.94. The van der Waals surface area contributed by atoms with E-state index in [1.165, 1.54) is 18.2 Å². The van der Waals surface area contributed by atoms with Crippen molar-refractivity contribution in [1.82, 2.24) is 5.32 Å². The van der Waals surface area contributed by atoms with Gasteiger partial charge in [-0.05, 0) is 45.9 Å². The number of likely N-dealkylation sites (N-methyl/N-ethyl adjacent to an activating group) is 1. The Morgan fingerprint density at radius 1 is 0.958 bits per heavy atom. The number of carbonyl (C=O) groups is 3. The molecule has 1 atom stereocenters. The van der Waals surface area contributed by atoms with Crippen molar-refractivity contribution in [3.63, 3.8) is 0 Å². The highest BCUT2D eigenvalue weighted by atomic mass is 16.5. The lowest BCUT2D eigenvalue weighted by Crippen LogP contribution is -2.36. The molecule has 1 N–H and O–H groups in total. The summed E-state index contributed by atoms with van der Waals surface area (Å²) in [4.78, 5) is 35.7. The van der Waals surface area contributed by atoms with E-state index in [0.29, 0.717) is 6.54 Å². The topological polar surface area (TPSA) is 90.9 Å². The molecule has 0 aliphatic rings. The van der Waals surface area contributed by atoms with Crippen LogP contribution in [0.15, 0.2) is 18.2 Å². The van der Waals surface area contributed by atoms with Crippen LogP contribution in [0.5, 0.6) is 5.75 Å². The largest absolute Gasteiger partial charge is 0.481 e. The molecule has 1 rings (SSSR count). The van der Waals surface area contributed by atoms with E-state index in [9.17, 15) is 14.4 Å². The molecule has 24 heavy (non-hydrogen) atoms. The summed E-state index contributed by atoms with van der Waals surface area (Å²) in [6.07, 6.45) is -0.780. The summed E-state index contributed by atoms with van der Waals surface area (Å²) in [6.45, 7) is 7.62. The van der Waals surface area contributed by atoms with E-state index in [4.69, 9.17) is 14.2 Å². The lowest BCUT2D eigenvalue weighted by Gasteiger charge is -2.15. The van der Waals surface area contributed by atoms with Gasteiger partial charge in [0.2, 0.25) is 0 Å². The van der Waals surface area contributed by atoms with Crippen molar-refractivity contribution in [1.29, 1.82) is 0 Å². The molecule has 0 fully saturated rings. The molecule has 0 aliphatic heterocycles. The number of hydrogen-bond acceptors (Lipinski definition) is 6. The van der Waals surface area contributed by atoms with Crippen LogP contribution in [0.3, 0.4) is 0 Å². The second-order valence-electron chi connectivity index (χ2n) is 4.84. The maximum absolute atomic E-state index is 11.9. The molecule has 0 heterocycles. The Labute approximate surface area is 141 Å². The molecule has 0 bridgehead atoms. The highest BCUT2D eigenvalue weighted by Crippen LogP contribution is 2.20. The van der Waals surface area contributed by atoms with Gasteiger partial charge in [0.05, 0.1) is 24.3 Å². The minimum absolute atomic E-state index is 0.153. The maximum Gasteiger partial charge on any atom is 0.338 e. The smallest absolute Gasteiger partial charge is 0.338 e. The number of esters is 2. The number of rotatable bonds is 8. The van der Waals surface area contributed by atoms with Gasteiger partial charge in [-0.3, -0.25) is 4.79 Å². The third-order valence-electron chi connectivity index (χ3n) is 2.96. The fourth-order valence-corrected chi connectivity index (χ4v) is 1.91. The van der Waals surface area contributed by atoms with E-state index >= 15 is 0 Å². The van der Waals surface area contributed by atoms with Crippen LogP contribution in [0.4, 0.5) is 0 Å². The minimum Gasteiger partial charge on any atom is -0.481 e. The third-order valence-corrected chi connectivity index (χ3v) is 2.96. The number of benzene rings is 1. The van der Waals surface area contributed by atoms with Crippen LogP contribution >= 0.6 is 0 Å². The Balaban J connectivity index is 3.11. The quantitative estimate of drug-likeness (QED) is 0.729. The third kappa shape index (κ3) is 5.57. The van der Waals surface area contributed by atoms with Crippen LogP contribution < -0.4 is 10.1 Å². The van der Waals surface area contributed by atoms with Gasteiger partial charge in [-0.25, -0.2) is 9.59 Å². The first-order valence-corrected chi connectivity index (χ1v) is 7.86. The zero-order valence-corrected chi connectivity index (χ0v) is 14.4. The summed E-state index contributed by atoms with van der Waals surface area (Å²) in [5.74, 6) is -1.25. The molecule has 0 radical (unpaired) electrons. The van der Waals surface area contributed by atoms with Gasteiger partial charge < -0.3 is 19.5 Å². The van der Waals surface area contributed by atoms with E-state index in [0.717, 1.165) is 0 Å². The molecule has 1 amide bonds. The van der Waals surface area contributed by atoms with Crippen molar-refractivity contribution in [2.75, 3.05) is 19.8 Å². The van der Waals surface area contributed by atoms with E-state index in [-0.39, 0.29) is 36.0 Å². The molecule has 7 nitrogen and oxygen atoms in total. The van der Waals surface area contributed by atoms with Gasteiger partial charge in [-0.15, -0.1) is 0 Å². The molecule has 0 saturated carbocycles. The zero-order chi connectivity index (χ0) is 18.1. The van der Waals surface area contributed by atoms with Crippen molar-refractivity contribution < 1.29 is 28.6 Å². The molecule has 1 aromatic carbocycles.